The molecule has 0 amide bonds. The van der Waals surface area contributed by atoms with Gasteiger partial charge in [-0.1, -0.05) is 54.4 Å². The molecule has 2 aliphatic rings. The van der Waals surface area contributed by atoms with Crippen LogP contribution in [0.1, 0.15) is 112 Å². The van der Waals surface area contributed by atoms with Crippen LogP contribution in [0.4, 0.5) is 0 Å². The summed E-state index contributed by atoms with van der Waals surface area (Å²) in [6.45, 7) is 13.0. The van der Waals surface area contributed by atoms with Gasteiger partial charge in [-0.05, 0) is 67.6 Å². The van der Waals surface area contributed by atoms with Crippen LogP contribution in [0.2, 0.25) is 0 Å². The van der Waals surface area contributed by atoms with Crippen molar-refractivity contribution >= 4 is 23.9 Å². The molecule has 2 aliphatic carbocycles. The normalized spacial score (nSPS) is 27.7. The van der Waals surface area contributed by atoms with Crippen molar-refractivity contribution in [2.45, 2.75) is 124 Å². The molecule has 0 radical (unpaired) electrons. The molecular weight excluding hydrogens is 476 g/mol. The number of aliphatic carboxylic acids is 2. The Morgan fingerprint density at radius 1 is 0.649 bits per heavy atom. The Morgan fingerprint density at radius 2 is 1.05 bits per heavy atom. The molecule has 0 saturated heterocycles. The molecule has 6 atom stereocenters. The van der Waals surface area contributed by atoms with Crippen LogP contribution < -0.4 is 0 Å². The van der Waals surface area contributed by atoms with Crippen molar-refractivity contribution in [2.75, 3.05) is 0 Å². The van der Waals surface area contributed by atoms with Crippen molar-refractivity contribution in [3.05, 3.63) is 0 Å². The van der Waals surface area contributed by atoms with Crippen LogP contribution >= 0.6 is 0 Å². The van der Waals surface area contributed by atoms with Gasteiger partial charge in [0.2, 0.25) is 0 Å². The topological polar surface area (TPSA) is 127 Å². The first-order valence-corrected chi connectivity index (χ1v) is 14.1. The summed E-state index contributed by atoms with van der Waals surface area (Å²) in [5, 5.41) is 17.1. The SMILES string of the molecule is CC1CC[C@@H](C(C)C)[C@H](OC(=O)CCC(=O)O)C1.CC1CC[C@@H](C(C)C)[C@H](OC(=O)CCCC(=O)O)C1. The summed E-state index contributed by atoms with van der Waals surface area (Å²) in [7, 11) is 0. The molecule has 2 N–H and O–H groups in total. The minimum absolute atomic E-state index is 0.0149. The molecule has 2 saturated carbocycles. The summed E-state index contributed by atoms with van der Waals surface area (Å²) >= 11 is 0. The van der Waals surface area contributed by atoms with E-state index in [1.165, 1.54) is 12.8 Å². The van der Waals surface area contributed by atoms with E-state index in [0.29, 0.717) is 41.9 Å². The molecule has 2 unspecified atom stereocenters. The van der Waals surface area contributed by atoms with E-state index in [4.69, 9.17) is 19.7 Å². The number of carbonyl (C=O) groups is 4. The average Bonchev–Trinajstić information content (AvgIpc) is 2.77. The fourth-order valence-electron chi connectivity index (χ4n) is 5.55. The second kappa shape index (κ2) is 16.7. The van der Waals surface area contributed by atoms with Gasteiger partial charge in [-0.2, -0.15) is 0 Å². The highest BCUT2D eigenvalue weighted by molar-refractivity contribution is 5.76. The summed E-state index contributed by atoms with van der Waals surface area (Å²) in [6.07, 6.45) is 6.86. The summed E-state index contributed by atoms with van der Waals surface area (Å²) in [4.78, 5) is 44.2. The molecule has 8 heteroatoms. The summed E-state index contributed by atoms with van der Waals surface area (Å²) < 4.78 is 11.1. The minimum Gasteiger partial charge on any atom is -0.481 e. The number of carboxylic acids is 2. The van der Waals surface area contributed by atoms with E-state index in [0.717, 1.165) is 25.7 Å². The van der Waals surface area contributed by atoms with Gasteiger partial charge in [0, 0.05) is 12.8 Å². The van der Waals surface area contributed by atoms with Gasteiger partial charge >= 0.3 is 23.9 Å². The third-order valence-electron chi connectivity index (χ3n) is 7.80. The second-order valence-electron chi connectivity index (χ2n) is 11.8. The highest BCUT2D eigenvalue weighted by Crippen LogP contribution is 2.36. The number of rotatable bonds is 11. The van der Waals surface area contributed by atoms with Crippen molar-refractivity contribution in [2.24, 2.45) is 35.5 Å². The number of carbonyl (C=O) groups excluding carboxylic acids is 2. The maximum atomic E-state index is 11.8. The smallest absolute Gasteiger partial charge is 0.306 e. The van der Waals surface area contributed by atoms with Crippen LogP contribution in [0.15, 0.2) is 0 Å². The van der Waals surface area contributed by atoms with Gasteiger partial charge in [-0.25, -0.2) is 0 Å². The highest BCUT2D eigenvalue weighted by Gasteiger charge is 2.34. The second-order valence-corrected chi connectivity index (χ2v) is 11.8. The average molecular weight is 527 g/mol. The van der Waals surface area contributed by atoms with E-state index in [9.17, 15) is 19.2 Å². The van der Waals surface area contributed by atoms with E-state index in [-0.39, 0.29) is 49.8 Å². The van der Waals surface area contributed by atoms with Crippen LogP contribution in [0.5, 0.6) is 0 Å². The standard InChI is InChI=1S/C15H26O4.C14H24O4/c1-10(2)12-8-7-11(3)9-13(12)19-15(18)6-4-5-14(16)17;1-9(2)11-5-4-10(3)8-12(11)18-14(17)7-6-13(15)16/h10-13H,4-9H2,1-3H3,(H,16,17);9-12H,4-8H2,1-3H3,(H,15,16)/t11?,12-,13+;10?,11-,12+/m00/s1. The zero-order valence-corrected chi connectivity index (χ0v) is 23.7. The number of carboxylic acid groups (broad SMARTS) is 2. The van der Waals surface area contributed by atoms with Gasteiger partial charge in [0.05, 0.1) is 12.8 Å². The van der Waals surface area contributed by atoms with Crippen molar-refractivity contribution in [3.8, 4) is 0 Å². The van der Waals surface area contributed by atoms with Crippen LogP contribution in [0.25, 0.3) is 0 Å². The lowest BCUT2D eigenvalue weighted by Crippen LogP contribution is -2.35. The monoisotopic (exact) mass is 526 g/mol. The third kappa shape index (κ3) is 13.3. The maximum absolute atomic E-state index is 11.8. The van der Waals surface area contributed by atoms with Crippen molar-refractivity contribution < 1.29 is 38.9 Å². The first kappa shape index (κ1) is 32.9. The van der Waals surface area contributed by atoms with Gasteiger partial charge < -0.3 is 19.7 Å². The maximum Gasteiger partial charge on any atom is 0.306 e. The molecule has 0 heterocycles. The van der Waals surface area contributed by atoms with Crippen molar-refractivity contribution in [1.82, 2.24) is 0 Å². The molecule has 0 spiro atoms. The number of ether oxygens (including phenoxy) is 2. The van der Waals surface area contributed by atoms with Gasteiger partial charge in [-0.15, -0.1) is 0 Å². The summed E-state index contributed by atoms with van der Waals surface area (Å²) in [5.41, 5.74) is 0. The molecule has 0 aromatic rings. The van der Waals surface area contributed by atoms with Gasteiger partial charge in [-0.3, -0.25) is 19.2 Å². The minimum atomic E-state index is -0.954. The third-order valence-corrected chi connectivity index (χ3v) is 7.80. The van der Waals surface area contributed by atoms with Gasteiger partial charge in [0.15, 0.2) is 0 Å². The molecular formula is C29H50O8. The lowest BCUT2D eigenvalue weighted by Gasteiger charge is -2.36. The van der Waals surface area contributed by atoms with Crippen LogP contribution in [-0.4, -0.2) is 46.3 Å². The molecule has 214 valence electrons. The molecule has 0 aromatic carbocycles. The Morgan fingerprint density at radius 3 is 1.43 bits per heavy atom. The predicted octanol–water partition coefficient (Wildman–Crippen LogP) is 6.10. The Kier molecular flexibility index (Phi) is 14.8. The number of hydrogen-bond donors (Lipinski definition) is 2. The molecule has 0 aliphatic heterocycles. The van der Waals surface area contributed by atoms with E-state index in [1.54, 1.807) is 0 Å². The van der Waals surface area contributed by atoms with Crippen LogP contribution in [0.3, 0.4) is 0 Å². The molecule has 2 fully saturated rings. The fraction of sp³-hybridized carbons (Fsp3) is 0.862. The molecule has 37 heavy (non-hydrogen) atoms. The van der Waals surface area contributed by atoms with Crippen LogP contribution in [-0.2, 0) is 28.7 Å². The molecule has 8 nitrogen and oxygen atoms in total. The molecule has 2 rings (SSSR count). The predicted molar refractivity (Wildman–Crippen MR) is 141 cm³/mol. The Balaban J connectivity index is 0.000000371. The zero-order chi connectivity index (χ0) is 28.1. The molecule has 0 bridgehead atoms. The summed E-state index contributed by atoms with van der Waals surface area (Å²) in [6, 6.07) is 0. The largest absolute Gasteiger partial charge is 0.481 e. The van der Waals surface area contributed by atoms with Crippen molar-refractivity contribution in [3.63, 3.8) is 0 Å². The first-order chi connectivity index (χ1) is 17.3. The lowest BCUT2D eigenvalue weighted by atomic mass is 9.75. The van der Waals surface area contributed by atoms with Crippen LogP contribution in [0, 0.1) is 35.5 Å². The fourth-order valence-corrected chi connectivity index (χ4v) is 5.55. The van der Waals surface area contributed by atoms with Gasteiger partial charge in [0.25, 0.3) is 0 Å². The Bertz CT molecular complexity index is 731. The zero-order valence-electron chi connectivity index (χ0n) is 23.7. The highest BCUT2D eigenvalue weighted by atomic mass is 16.5. The lowest BCUT2D eigenvalue weighted by molar-refractivity contribution is -0.158. The Labute approximate surface area is 222 Å². The van der Waals surface area contributed by atoms with E-state index in [2.05, 4.69) is 41.5 Å². The van der Waals surface area contributed by atoms with E-state index >= 15 is 0 Å². The number of hydrogen-bond acceptors (Lipinski definition) is 6. The molecule has 0 aromatic heterocycles. The van der Waals surface area contributed by atoms with E-state index < -0.39 is 11.9 Å². The van der Waals surface area contributed by atoms with Crippen molar-refractivity contribution in [1.29, 1.82) is 0 Å². The van der Waals surface area contributed by atoms with E-state index in [1.807, 2.05) is 0 Å². The van der Waals surface area contributed by atoms with Gasteiger partial charge in [0.1, 0.15) is 12.2 Å². The summed E-state index contributed by atoms with van der Waals surface area (Å²) in [5.74, 6) is 0.620. The quantitative estimate of drug-likeness (QED) is 0.309. The number of esters is 2. The Hall–Kier alpha value is -2.12. The first-order valence-electron chi connectivity index (χ1n) is 14.1.